The largest absolute Gasteiger partial charge is 0.392 e. The highest BCUT2D eigenvalue weighted by Crippen LogP contribution is 2.33. The Morgan fingerprint density at radius 3 is 3.23 bits per heavy atom. The first kappa shape index (κ1) is 8.91. The van der Waals surface area contributed by atoms with Gasteiger partial charge in [-0.05, 0) is 24.6 Å². The summed E-state index contributed by atoms with van der Waals surface area (Å²) in [7, 11) is 0. The van der Waals surface area contributed by atoms with Gasteiger partial charge in [-0.2, -0.15) is 0 Å². The standard InChI is InChI=1S/C10H13NOS/c1-7-6-13-10-3-2-8(5-12)4-9(10)11-7/h2-4,7,11-12H,5-6H2,1H3. The van der Waals surface area contributed by atoms with Crippen LogP contribution in [0.15, 0.2) is 23.1 Å². The average Bonchev–Trinajstić information content (AvgIpc) is 2.16. The van der Waals surface area contributed by atoms with E-state index < -0.39 is 0 Å². The Morgan fingerprint density at radius 1 is 1.62 bits per heavy atom. The lowest BCUT2D eigenvalue weighted by Crippen LogP contribution is -2.21. The maximum atomic E-state index is 8.97. The van der Waals surface area contributed by atoms with Crippen molar-refractivity contribution in [2.75, 3.05) is 11.1 Å². The second-order valence-corrected chi connectivity index (χ2v) is 4.41. The molecule has 0 aromatic heterocycles. The topological polar surface area (TPSA) is 32.3 Å². The van der Waals surface area contributed by atoms with Crippen LogP contribution in [0.25, 0.3) is 0 Å². The van der Waals surface area contributed by atoms with E-state index in [1.165, 1.54) is 4.90 Å². The van der Waals surface area contributed by atoms with Gasteiger partial charge in [0.1, 0.15) is 0 Å². The molecule has 1 aliphatic rings. The third-order valence-corrected chi connectivity index (χ3v) is 3.45. The van der Waals surface area contributed by atoms with E-state index in [-0.39, 0.29) is 6.61 Å². The van der Waals surface area contributed by atoms with Crippen molar-refractivity contribution in [3.05, 3.63) is 23.8 Å². The number of hydrogen-bond donors (Lipinski definition) is 2. The van der Waals surface area contributed by atoms with Gasteiger partial charge < -0.3 is 10.4 Å². The molecule has 0 saturated carbocycles. The van der Waals surface area contributed by atoms with E-state index in [0.29, 0.717) is 6.04 Å². The molecule has 2 N–H and O–H groups in total. The molecule has 13 heavy (non-hydrogen) atoms. The van der Waals surface area contributed by atoms with Gasteiger partial charge in [0.15, 0.2) is 0 Å². The number of thioether (sulfide) groups is 1. The van der Waals surface area contributed by atoms with Gasteiger partial charge in [0, 0.05) is 22.4 Å². The molecule has 70 valence electrons. The number of fused-ring (bicyclic) bond motifs is 1. The van der Waals surface area contributed by atoms with Crippen molar-refractivity contribution >= 4 is 17.4 Å². The van der Waals surface area contributed by atoms with Gasteiger partial charge in [-0.1, -0.05) is 6.07 Å². The quantitative estimate of drug-likeness (QED) is 0.719. The smallest absolute Gasteiger partial charge is 0.0682 e. The second kappa shape index (κ2) is 3.60. The van der Waals surface area contributed by atoms with Crippen molar-refractivity contribution in [3.8, 4) is 0 Å². The van der Waals surface area contributed by atoms with Crippen LogP contribution in [0.2, 0.25) is 0 Å². The van der Waals surface area contributed by atoms with Crippen molar-refractivity contribution in [1.29, 1.82) is 0 Å². The molecule has 1 aromatic rings. The first-order valence-corrected chi connectivity index (χ1v) is 5.41. The molecule has 1 heterocycles. The zero-order valence-electron chi connectivity index (χ0n) is 7.58. The molecular weight excluding hydrogens is 182 g/mol. The molecule has 1 aliphatic heterocycles. The van der Waals surface area contributed by atoms with Crippen LogP contribution in [0.3, 0.4) is 0 Å². The molecule has 0 saturated heterocycles. The van der Waals surface area contributed by atoms with Gasteiger partial charge in [0.05, 0.1) is 6.61 Å². The van der Waals surface area contributed by atoms with Gasteiger partial charge in [0.25, 0.3) is 0 Å². The summed E-state index contributed by atoms with van der Waals surface area (Å²) in [5, 5.41) is 12.4. The number of hydrogen-bond acceptors (Lipinski definition) is 3. The summed E-state index contributed by atoms with van der Waals surface area (Å²) in [5.41, 5.74) is 2.14. The maximum Gasteiger partial charge on any atom is 0.0682 e. The second-order valence-electron chi connectivity index (χ2n) is 3.35. The molecule has 0 radical (unpaired) electrons. The minimum atomic E-state index is 0.119. The maximum absolute atomic E-state index is 8.97. The first-order valence-electron chi connectivity index (χ1n) is 4.42. The first-order chi connectivity index (χ1) is 6.29. The highest BCUT2D eigenvalue weighted by atomic mass is 32.2. The monoisotopic (exact) mass is 195 g/mol. The molecule has 0 aliphatic carbocycles. The summed E-state index contributed by atoms with van der Waals surface area (Å²) < 4.78 is 0. The minimum absolute atomic E-state index is 0.119. The predicted octanol–water partition coefficient (Wildman–Crippen LogP) is 2.08. The van der Waals surface area contributed by atoms with Crippen LogP contribution in [0, 0.1) is 0 Å². The zero-order chi connectivity index (χ0) is 9.26. The van der Waals surface area contributed by atoms with Crippen LogP contribution in [0.4, 0.5) is 5.69 Å². The van der Waals surface area contributed by atoms with E-state index in [9.17, 15) is 0 Å². The van der Waals surface area contributed by atoms with Gasteiger partial charge in [-0.15, -0.1) is 11.8 Å². The molecule has 0 spiro atoms. The van der Waals surface area contributed by atoms with Crippen molar-refractivity contribution in [2.45, 2.75) is 24.5 Å². The lowest BCUT2D eigenvalue weighted by atomic mass is 10.2. The fraction of sp³-hybridized carbons (Fsp3) is 0.400. The number of aliphatic hydroxyl groups is 1. The zero-order valence-corrected chi connectivity index (χ0v) is 8.40. The molecule has 2 nitrogen and oxygen atoms in total. The third-order valence-electron chi connectivity index (χ3n) is 2.12. The molecule has 2 rings (SSSR count). The van der Waals surface area contributed by atoms with E-state index in [4.69, 9.17) is 5.11 Å². The third kappa shape index (κ3) is 1.81. The molecular formula is C10H13NOS. The van der Waals surface area contributed by atoms with E-state index in [0.717, 1.165) is 17.0 Å². The van der Waals surface area contributed by atoms with Crippen molar-refractivity contribution in [1.82, 2.24) is 0 Å². The summed E-state index contributed by atoms with van der Waals surface area (Å²) in [4.78, 5) is 1.29. The lowest BCUT2D eigenvalue weighted by molar-refractivity contribution is 0.282. The van der Waals surface area contributed by atoms with Crippen molar-refractivity contribution in [3.63, 3.8) is 0 Å². The van der Waals surface area contributed by atoms with Crippen LogP contribution in [-0.2, 0) is 6.61 Å². The fourth-order valence-electron chi connectivity index (χ4n) is 1.44. The minimum Gasteiger partial charge on any atom is -0.392 e. The normalized spacial score (nSPS) is 20.6. The van der Waals surface area contributed by atoms with E-state index in [2.05, 4.69) is 18.3 Å². The molecule has 1 unspecified atom stereocenters. The molecule has 3 heteroatoms. The summed E-state index contributed by atoms with van der Waals surface area (Å²) in [5.74, 6) is 1.12. The van der Waals surface area contributed by atoms with Crippen LogP contribution in [-0.4, -0.2) is 16.9 Å². The highest BCUT2D eigenvalue weighted by Gasteiger charge is 2.14. The van der Waals surface area contributed by atoms with Crippen LogP contribution in [0.1, 0.15) is 12.5 Å². The van der Waals surface area contributed by atoms with Gasteiger partial charge >= 0.3 is 0 Å². The van der Waals surface area contributed by atoms with Gasteiger partial charge in [-0.25, -0.2) is 0 Å². The van der Waals surface area contributed by atoms with E-state index >= 15 is 0 Å². The Morgan fingerprint density at radius 2 is 2.46 bits per heavy atom. The summed E-state index contributed by atoms with van der Waals surface area (Å²) in [6, 6.07) is 6.60. The van der Waals surface area contributed by atoms with Crippen LogP contribution < -0.4 is 5.32 Å². The molecule has 1 atom stereocenters. The van der Waals surface area contributed by atoms with E-state index in [1.54, 1.807) is 0 Å². The number of anilines is 1. The Bertz CT molecular complexity index is 314. The van der Waals surface area contributed by atoms with Crippen LogP contribution >= 0.6 is 11.8 Å². The summed E-state index contributed by atoms with van der Waals surface area (Å²) in [6.07, 6.45) is 0. The Balaban J connectivity index is 2.32. The Kier molecular flexibility index (Phi) is 2.47. The number of benzene rings is 1. The van der Waals surface area contributed by atoms with Crippen molar-refractivity contribution < 1.29 is 5.11 Å². The molecule has 1 aromatic carbocycles. The number of aliphatic hydroxyl groups excluding tert-OH is 1. The van der Waals surface area contributed by atoms with Crippen LogP contribution in [0.5, 0.6) is 0 Å². The SMILES string of the molecule is CC1CSc2ccc(CO)cc2N1. The molecule has 0 amide bonds. The number of rotatable bonds is 1. The number of nitrogens with one attached hydrogen (secondary N) is 1. The molecule has 0 fully saturated rings. The molecule has 0 bridgehead atoms. The van der Waals surface area contributed by atoms with E-state index in [1.807, 2.05) is 23.9 Å². The predicted molar refractivity (Wildman–Crippen MR) is 56.2 cm³/mol. The highest BCUT2D eigenvalue weighted by molar-refractivity contribution is 7.99. The lowest BCUT2D eigenvalue weighted by Gasteiger charge is -2.23. The fourth-order valence-corrected chi connectivity index (χ4v) is 2.39. The average molecular weight is 195 g/mol. The summed E-state index contributed by atoms with van der Waals surface area (Å²) in [6.45, 7) is 2.29. The van der Waals surface area contributed by atoms with Gasteiger partial charge in [-0.3, -0.25) is 0 Å². The summed E-state index contributed by atoms with van der Waals surface area (Å²) >= 11 is 1.87. The Hall–Kier alpha value is -0.670. The van der Waals surface area contributed by atoms with Gasteiger partial charge in [0.2, 0.25) is 0 Å². The van der Waals surface area contributed by atoms with Crippen molar-refractivity contribution in [2.24, 2.45) is 0 Å². The Labute approximate surface area is 82.4 Å².